The molecule has 146 valence electrons. The fourth-order valence-electron chi connectivity index (χ4n) is 3.74. The van der Waals surface area contributed by atoms with E-state index < -0.39 is 6.04 Å². The van der Waals surface area contributed by atoms with Crippen molar-refractivity contribution in [1.29, 1.82) is 0 Å². The highest BCUT2D eigenvalue weighted by molar-refractivity contribution is 7.18. The van der Waals surface area contributed by atoms with Crippen LogP contribution in [-0.2, 0) is 17.6 Å². The Morgan fingerprint density at radius 2 is 2.14 bits per heavy atom. The second-order valence-corrected chi connectivity index (χ2v) is 8.94. The molecule has 0 spiro atoms. The van der Waals surface area contributed by atoms with Gasteiger partial charge in [0.15, 0.2) is 4.83 Å². The molecule has 0 saturated heterocycles. The molecule has 1 aromatic carbocycles. The summed E-state index contributed by atoms with van der Waals surface area (Å²) in [6, 6.07) is 5.14. The number of hydrogen-bond donors (Lipinski definition) is 1. The van der Waals surface area contributed by atoms with Crippen LogP contribution in [0, 0.1) is 19.8 Å². The lowest BCUT2D eigenvalue weighted by atomic mass is 9.89. The Morgan fingerprint density at radius 3 is 2.93 bits per heavy atom. The molecule has 0 aliphatic heterocycles. The lowest BCUT2D eigenvalue weighted by molar-refractivity contribution is -0.119. The molecular weight excluding hydrogens is 372 g/mol. The van der Waals surface area contributed by atoms with Crippen LogP contribution in [0.5, 0.6) is 0 Å². The number of aromatic nitrogens is 3. The number of carbonyl (C=O) groups is 1. The van der Waals surface area contributed by atoms with E-state index in [1.807, 2.05) is 32.0 Å². The summed E-state index contributed by atoms with van der Waals surface area (Å²) in [5.74, 6) is 0.347. The van der Waals surface area contributed by atoms with Crippen molar-refractivity contribution in [3.05, 3.63) is 50.1 Å². The number of fused-ring (bicyclic) bond motifs is 3. The first kappa shape index (κ1) is 18.8. The molecule has 4 rings (SSSR count). The first-order valence-electron chi connectivity index (χ1n) is 9.63. The van der Waals surface area contributed by atoms with Gasteiger partial charge >= 0.3 is 0 Å². The van der Waals surface area contributed by atoms with Crippen molar-refractivity contribution in [1.82, 2.24) is 15.0 Å². The summed E-state index contributed by atoms with van der Waals surface area (Å²) in [6.45, 7) is 7.83. The van der Waals surface area contributed by atoms with E-state index in [9.17, 15) is 9.59 Å². The predicted octanol–water partition coefficient (Wildman–Crippen LogP) is 3.79. The van der Waals surface area contributed by atoms with Crippen molar-refractivity contribution in [3.63, 3.8) is 0 Å². The van der Waals surface area contributed by atoms with Crippen molar-refractivity contribution in [2.75, 3.05) is 5.32 Å². The van der Waals surface area contributed by atoms with Gasteiger partial charge in [0.2, 0.25) is 5.91 Å². The van der Waals surface area contributed by atoms with Crippen LogP contribution in [0.2, 0.25) is 0 Å². The first-order chi connectivity index (χ1) is 13.3. The van der Waals surface area contributed by atoms with Crippen LogP contribution in [0.4, 0.5) is 5.69 Å². The maximum absolute atomic E-state index is 13.1. The van der Waals surface area contributed by atoms with Crippen LogP contribution in [0.15, 0.2) is 23.0 Å². The maximum atomic E-state index is 13.1. The Morgan fingerprint density at radius 1 is 1.36 bits per heavy atom. The third-order valence-corrected chi connectivity index (χ3v) is 6.68. The van der Waals surface area contributed by atoms with Crippen molar-refractivity contribution < 1.29 is 4.79 Å². The summed E-state index contributed by atoms with van der Waals surface area (Å²) in [4.78, 5) is 27.9. The monoisotopic (exact) mass is 396 g/mol. The Kier molecular flexibility index (Phi) is 4.79. The molecule has 1 N–H and O–H groups in total. The molecule has 28 heavy (non-hydrogen) atoms. The van der Waals surface area contributed by atoms with Gasteiger partial charge in [0, 0.05) is 10.6 Å². The number of benzene rings is 1. The molecule has 1 amide bonds. The molecule has 0 bridgehead atoms. The van der Waals surface area contributed by atoms with Gasteiger partial charge in [0.1, 0.15) is 6.04 Å². The lowest BCUT2D eigenvalue weighted by Gasteiger charge is -2.18. The van der Waals surface area contributed by atoms with Crippen LogP contribution in [0.1, 0.15) is 47.9 Å². The van der Waals surface area contributed by atoms with Gasteiger partial charge in [-0.05, 0) is 68.7 Å². The average molecular weight is 397 g/mol. The predicted molar refractivity (Wildman–Crippen MR) is 112 cm³/mol. The van der Waals surface area contributed by atoms with Gasteiger partial charge in [-0.3, -0.25) is 9.59 Å². The van der Waals surface area contributed by atoms with Crippen LogP contribution in [0.3, 0.4) is 0 Å². The number of rotatable bonds is 3. The number of hydrogen-bond acceptors (Lipinski definition) is 5. The first-order valence-corrected chi connectivity index (χ1v) is 10.4. The molecule has 2 atom stereocenters. The Hall–Kier alpha value is -2.54. The minimum atomic E-state index is -0.748. The number of thiophene rings is 1. The smallest absolute Gasteiger partial charge is 0.279 e. The fourth-order valence-corrected chi connectivity index (χ4v) is 5.06. The number of aryl methyl sites for hydroxylation is 3. The van der Waals surface area contributed by atoms with Crippen molar-refractivity contribution in [2.24, 2.45) is 5.92 Å². The van der Waals surface area contributed by atoms with Gasteiger partial charge in [-0.25, -0.2) is 0 Å². The van der Waals surface area contributed by atoms with Gasteiger partial charge < -0.3 is 5.32 Å². The summed E-state index contributed by atoms with van der Waals surface area (Å²) < 4.78 is 1.22. The van der Waals surface area contributed by atoms with Crippen LogP contribution in [0.25, 0.3) is 10.2 Å². The van der Waals surface area contributed by atoms with E-state index in [0.29, 0.717) is 16.1 Å². The van der Waals surface area contributed by atoms with E-state index in [0.717, 1.165) is 41.6 Å². The third-order valence-electron chi connectivity index (χ3n) is 5.54. The third kappa shape index (κ3) is 3.24. The number of nitrogens with zero attached hydrogens (tertiary/aromatic N) is 3. The standard InChI is InChI=1S/C21H24N4O2S/c1-11-5-7-13(3)16(9-11)22-19(26)14(4)25-21(27)18-15-8-6-12(2)10-17(15)28-20(18)23-24-25/h5,7,9,12,14H,6,8,10H2,1-4H3,(H,22,26)/t12-,14-/m1/s1. The highest BCUT2D eigenvalue weighted by Gasteiger charge is 2.26. The average Bonchev–Trinajstić information content (AvgIpc) is 3.02. The topological polar surface area (TPSA) is 76.9 Å². The van der Waals surface area contributed by atoms with E-state index in [2.05, 4.69) is 22.6 Å². The van der Waals surface area contributed by atoms with Crippen LogP contribution in [-0.4, -0.2) is 20.9 Å². The largest absolute Gasteiger partial charge is 0.324 e. The molecule has 0 fully saturated rings. The van der Waals surface area contributed by atoms with Crippen molar-refractivity contribution >= 4 is 33.1 Å². The Bertz CT molecular complexity index is 1130. The van der Waals surface area contributed by atoms with Gasteiger partial charge in [0.05, 0.1) is 5.39 Å². The normalized spacial score (nSPS) is 17.4. The second-order valence-electron chi connectivity index (χ2n) is 7.85. The van der Waals surface area contributed by atoms with E-state index in [1.165, 1.54) is 9.56 Å². The molecule has 7 heteroatoms. The van der Waals surface area contributed by atoms with Crippen molar-refractivity contribution in [3.8, 4) is 0 Å². The van der Waals surface area contributed by atoms with E-state index >= 15 is 0 Å². The molecule has 0 saturated carbocycles. The van der Waals surface area contributed by atoms with Gasteiger partial charge in [-0.15, -0.1) is 16.4 Å². The van der Waals surface area contributed by atoms with E-state index in [-0.39, 0.29) is 11.5 Å². The summed E-state index contributed by atoms with van der Waals surface area (Å²) >= 11 is 1.57. The summed E-state index contributed by atoms with van der Waals surface area (Å²) in [5, 5.41) is 11.9. The van der Waals surface area contributed by atoms with E-state index in [1.54, 1.807) is 18.3 Å². The van der Waals surface area contributed by atoms with Crippen molar-refractivity contribution in [2.45, 2.75) is 53.0 Å². The molecular formula is C21H24N4O2S. The quantitative estimate of drug-likeness (QED) is 0.731. The molecule has 2 aromatic heterocycles. The zero-order chi connectivity index (χ0) is 20.0. The molecule has 6 nitrogen and oxygen atoms in total. The fraction of sp³-hybridized carbons (Fsp3) is 0.429. The maximum Gasteiger partial charge on any atom is 0.279 e. The Labute approximate surface area is 167 Å². The zero-order valence-electron chi connectivity index (χ0n) is 16.6. The Balaban J connectivity index is 1.68. The molecule has 3 aromatic rings. The second kappa shape index (κ2) is 7.13. The number of anilines is 1. The lowest BCUT2D eigenvalue weighted by Crippen LogP contribution is -2.34. The molecule has 2 heterocycles. The minimum absolute atomic E-state index is 0.222. The highest BCUT2D eigenvalue weighted by atomic mass is 32.1. The summed E-state index contributed by atoms with van der Waals surface area (Å²) in [7, 11) is 0. The minimum Gasteiger partial charge on any atom is -0.324 e. The van der Waals surface area contributed by atoms with Gasteiger partial charge in [-0.2, -0.15) is 4.68 Å². The van der Waals surface area contributed by atoms with Gasteiger partial charge in [0.25, 0.3) is 5.56 Å². The molecule has 0 radical (unpaired) electrons. The summed E-state index contributed by atoms with van der Waals surface area (Å²) in [5.41, 5.74) is 3.67. The zero-order valence-corrected chi connectivity index (χ0v) is 17.4. The highest BCUT2D eigenvalue weighted by Crippen LogP contribution is 2.35. The SMILES string of the molecule is Cc1ccc(C)c(NC(=O)[C@@H](C)n2nnc3sc4c(c3c2=O)CC[C@@H](C)C4)c1. The number of carbonyl (C=O) groups excluding carboxylic acids is 1. The molecule has 1 aliphatic rings. The molecule has 0 unspecified atom stereocenters. The van der Waals surface area contributed by atoms with Crippen LogP contribution < -0.4 is 10.9 Å². The van der Waals surface area contributed by atoms with Crippen LogP contribution >= 0.6 is 11.3 Å². The summed E-state index contributed by atoms with van der Waals surface area (Å²) in [6.07, 6.45) is 2.95. The molecule has 1 aliphatic carbocycles. The van der Waals surface area contributed by atoms with E-state index in [4.69, 9.17) is 0 Å². The van der Waals surface area contributed by atoms with Gasteiger partial charge in [-0.1, -0.05) is 24.3 Å². The number of amides is 1. The number of nitrogens with one attached hydrogen (secondary N) is 1.